The van der Waals surface area contributed by atoms with Crippen LogP contribution in [-0.4, -0.2) is 76.2 Å². The Kier molecular flexibility index (Phi) is 9.09. The van der Waals surface area contributed by atoms with E-state index >= 15 is 0 Å². The van der Waals surface area contributed by atoms with Gasteiger partial charge in [0.05, 0.1) is 24.6 Å². The molecule has 3 aromatic rings. The Balaban J connectivity index is 1.61. The fraction of sp³-hybridized carbons (Fsp3) is 0.423. The van der Waals surface area contributed by atoms with Crippen LogP contribution in [0.1, 0.15) is 33.4 Å². The number of para-hydroxylation sites is 1. The summed E-state index contributed by atoms with van der Waals surface area (Å²) in [7, 11) is 0. The van der Waals surface area contributed by atoms with Crippen molar-refractivity contribution in [1.29, 1.82) is 0 Å². The molecule has 4 rings (SSSR count). The number of hydrogen-bond donors (Lipinski definition) is 0. The zero-order valence-corrected chi connectivity index (χ0v) is 22.5. The van der Waals surface area contributed by atoms with Gasteiger partial charge in [0.25, 0.3) is 0 Å². The SMILES string of the molecule is CC(=O)OC[C@H]1O[C@H](OCc2cn(-c3cc(=O)oc4ccccc34)nn2)[C@@H](OC(C)=O)[C@@H](OC(C)=O)[C@@H]1OC(C)=O. The largest absolute Gasteiger partial charge is 0.463 e. The smallest absolute Gasteiger partial charge is 0.338 e. The summed E-state index contributed by atoms with van der Waals surface area (Å²) in [6.45, 7) is 3.91. The van der Waals surface area contributed by atoms with E-state index in [0.29, 0.717) is 16.7 Å². The third-order valence-electron chi connectivity index (χ3n) is 5.76. The predicted molar refractivity (Wildman–Crippen MR) is 134 cm³/mol. The van der Waals surface area contributed by atoms with E-state index in [0.717, 1.165) is 20.8 Å². The van der Waals surface area contributed by atoms with Crippen molar-refractivity contribution in [3.05, 3.63) is 52.6 Å². The third-order valence-corrected chi connectivity index (χ3v) is 5.76. The Morgan fingerprint density at radius 2 is 1.56 bits per heavy atom. The maximum atomic E-state index is 12.1. The molecule has 15 heteroatoms. The van der Waals surface area contributed by atoms with Crippen molar-refractivity contribution in [3.63, 3.8) is 0 Å². The van der Waals surface area contributed by atoms with Gasteiger partial charge in [-0.3, -0.25) is 19.2 Å². The number of carbonyl (C=O) groups excluding carboxylic acids is 4. The van der Waals surface area contributed by atoms with Crippen molar-refractivity contribution >= 4 is 34.8 Å². The minimum atomic E-state index is -1.38. The topological polar surface area (TPSA) is 185 Å². The number of fused-ring (bicyclic) bond motifs is 1. The van der Waals surface area contributed by atoms with E-state index in [9.17, 15) is 24.0 Å². The van der Waals surface area contributed by atoms with Gasteiger partial charge in [-0.15, -0.1) is 5.10 Å². The molecule has 3 heterocycles. The average Bonchev–Trinajstić information content (AvgIpc) is 3.36. The normalized spacial score (nSPS) is 22.1. The minimum Gasteiger partial charge on any atom is -0.463 e. The maximum absolute atomic E-state index is 12.1. The fourth-order valence-corrected chi connectivity index (χ4v) is 4.26. The molecule has 15 nitrogen and oxygen atoms in total. The number of nitrogens with zero attached hydrogens (tertiary/aromatic N) is 3. The molecule has 2 aromatic heterocycles. The van der Waals surface area contributed by atoms with Crippen molar-refractivity contribution in [3.8, 4) is 5.69 Å². The fourth-order valence-electron chi connectivity index (χ4n) is 4.26. The highest BCUT2D eigenvalue weighted by atomic mass is 16.7. The van der Waals surface area contributed by atoms with Crippen LogP contribution in [0.3, 0.4) is 0 Å². The van der Waals surface area contributed by atoms with E-state index in [-0.39, 0.29) is 12.3 Å². The van der Waals surface area contributed by atoms with E-state index in [4.69, 9.17) is 32.8 Å². The number of esters is 4. The van der Waals surface area contributed by atoms with Crippen LogP contribution in [-0.2, 0) is 54.2 Å². The molecule has 0 N–H and O–H groups in total. The molecule has 1 aliphatic heterocycles. The second kappa shape index (κ2) is 12.7. The standard InChI is InChI=1S/C26H27N3O12/c1-13(30)35-12-21-23(37-14(2)31)24(38-15(3)32)25(39-16(4)33)26(41-21)36-11-17-10-29(28-27-17)19-9-22(34)40-20-8-6-5-7-18(19)20/h5-10,21,23-26H,11-12H2,1-4H3/t21-,23-,24+,25+,26+/m1/s1. The molecule has 0 spiro atoms. The summed E-state index contributed by atoms with van der Waals surface area (Å²) in [6, 6.07) is 8.16. The van der Waals surface area contributed by atoms with E-state index in [1.54, 1.807) is 24.3 Å². The Morgan fingerprint density at radius 1 is 0.902 bits per heavy atom. The van der Waals surface area contributed by atoms with E-state index in [1.165, 1.54) is 23.9 Å². The maximum Gasteiger partial charge on any atom is 0.338 e. The Morgan fingerprint density at radius 3 is 2.24 bits per heavy atom. The summed E-state index contributed by atoms with van der Waals surface area (Å²) < 4.78 is 39.5. The van der Waals surface area contributed by atoms with Crippen molar-refractivity contribution in [1.82, 2.24) is 15.0 Å². The van der Waals surface area contributed by atoms with Gasteiger partial charge in [0, 0.05) is 33.1 Å². The summed E-state index contributed by atoms with van der Waals surface area (Å²) in [6.07, 6.45) is -5.09. The number of hydrogen-bond acceptors (Lipinski definition) is 14. The lowest BCUT2D eigenvalue weighted by Gasteiger charge is -2.43. The summed E-state index contributed by atoms with van der Waals surface area (Å²) in [5, 5.41) is 8.75. The highest BCUT2D eigenvalue weighted by Gasteiger charge is 2.52. The van der Waals surface area contributed by atoms with Crippen LogP contribution >= 0.6 is 0 Å². The van der Waals surface area contributed by atoms with E-state index in [1.807, 2.05) is 0 Å². The quantitative estimate of drug-likeness (QED) is 0.200. The molecular formula is C26H27N3O12. The first-order valence-corrected chi connectivity index (χ1v) is 12.4. The highest BCUT2D eigenvalue weighted by molar-refractivity contribution is 5.85. The molecule has 0 saturated carbocycles. The number of rotatable bonds is 9. The van der Waals surface area contributed by atoms with E-state index < -0.39 is 66.8 Å². The molecule has 0 aliphatic carbocycles. The van der Waals surface area contributed by atoms with Crippen LogP contribution in [0.15, 0.2) is 45.7 Å². The van der Waals surface area contributed by atoms with Gasteiger partial charge in [-0.2, -0.15) is 0 Å². The van der Waals surface area contributed by atoms with Crippen LogP contribution in [0, 0.1) is 0 Å². The van der Waals surface area contributed by atoms with Gasteiger partial charge in [0.2, 0.25) is 0 Å². The van der Waals surface area contributed by atoms with Crippen molar-refractivity contribution in [2.45, 2.75) is 65.0 Å². The Hall–Kier alpha value is -4.63. The van der Waals surface area contributed by atoms with Crippen molar-refractivity contribution < 1.29 is 52.0 Å². The molecule has 5 atom stereocenters. The van der Waals surface area contributed by atoms with Crippen LogP contribution in [0.4, 0.5) is 0 Å². The predicted octanol–water partition coefficient (Wildman–Crippen LogP) is 0.973. The third kappa shape index (κ3) is 7.32. The number of benzene rings is 1. The molecule has 1 saturated heterocycles. The number of carbonyl (C=O) groups is 4. The first kappa shape index (κ1) is 29.4. The second-order valence-corrected chi connectivity index (χ2v) is 8.98. The molecule has 0 bridgehead atoms. The summed E-state index contributed by atoms with van der Waals surface area (Å²) in [5.41, 5.74) is 0.489. The van der Waals surface area contributed by atoms with Crippen molar-refractivity contribution in [2.24, 2.45) is 0 Å². The number of aromatic nitrogens is 3. The molecule has 0 unspecified atom stereocenters. The lowest BCUT2D eigenvalue weighted by atomic mass is 9.98. The minimum absolute atomic E-state index is 0.243. The molecular weight excluding hydrogens is 546 g/mol. The summed E-state index contributed by atoms with van der Waals surface area (Å²) >= 11 is 0. The van der Waals surface area contributed by atoms with Gasteiger partial charge in [-0.25, -0.2) is 9.48 Å². The van der Waals surface area contributed by atoms with Crippen molar-refractivity contribution in [2.75, 3.05) is 6.61 Å². The van der Waals surface area contributed by atoms with Crippen LogP contribution in [0.5, 0.6) is 0 Å². The zero-order chi connectivity index (χ0) is 29.7. The lowest BCUT2D eigenvalue weighted by Crippen LogP contribution is -2.62. The van der Waals surface area contributed by atoms with Gasteiger partial charge in [-0.1, -0.05) is 17.3 Å². The second-order valence-electron chi connectivity index (χ2n) is 8.98. The molecule has 1 aliphatic rings. The van der Waals surface area contributed by atoms with E-state index in [2.05, 4.69) is 10.3 Å². The molecule has 0 amide bonds. The van der Waals surface area contributed by atoms with Crippen LogP contribution < -0.4 is 5.63 Å². The Labute approximate surface area is 232 Å². The van der Waals surface area contributed by atoms with Gasteiger partial charge >= 0.3 is 29.5 Å². The average molecular weight is 574 g/mol. The monoisotopic (exact) mass is 573 g/mol. The molecule has 0 radical (unpaired) electrons. The zero-order valence-electron chi connectivity index (χ0n) is 22.5. The Bertz CT molecular complexity index is 1500. The first-order valence-electron chi connectivity index (χ1n) is 12.4. The number of ether oxygens (including phenoxy) is 6. The van der Waals surface area contributed by atoms with Crippen LogP contribution in [0.25, 0.3) is 16.7 Å². The van der Waals surface area contributed by atoms with Crippen LogP contribution in [0.2, 0.25) is 0 Å². The van der Waals surface area contributed by atoms with Gasteiger partial charge < -0.3 is 32.8 Å². The van der Waals surface area contributed by atoms with Gasteiger partial charge in [-0.05, 0) is 12.1 Å². The molecule has 41 heavy (non-hydrogen) atoms. The molecule has 1 aromatic carbocycles. The summed E-state index contributed by atoms with van der Waals surface area (Å²) in [5.74, 6) is -2.91. The molecule has 218 valence electrons. The summed E-state index contributed by atoms with van der Waals surface area (Å²) in [4.78, 5) is 59.3. The first-order chi connectivity index (χ1) is 19.5. The highest BCUT2D eigenvalue weighted by Crippen LogP contribution is 2.30. The van der Waals surface area contributed by atoms with Gasteiger partial charge in [0.1, 0.15) is 24.0 Å². The van der Waals surface area contributed by atoms with Gasteiger partial charge in [0.15, 0.2) is 24.6 Å². The lowest BCUT2D eigenvalue weighted by molar-refractivity contribution is -0.310. The molecule has 1 fully saturated rings.